The summed E-state index contributed by atoms with van der Waals surface area (Å²) in [6.07, 6.45) is 4.37. The van der Waals surface area contributed by atoms with Crippen molar-refractivity contribution in [3.63, 3.8) is 0 Å². The van der Waals surface area contributed by atoms with E-state index in [0.29, 0.717) is 18.5 Å². The Morgan fingerprint density at radius 1 is 1.32 bits per heavy atom. The minimum absolute atomic E-state index is 0. The molecule has 2 aromatic rings. The van der Waals surface area contributed by atoms with Gasteiger partial charge in [0.1, 0.15) is 6.26 Å². The minimum Gasteiger partial charge on any atom is -0.444 e. The molecule has 1 saturated carbocycles. The van der Waals surface area contributed by atoms with E-state index in [1.807, 2.05) is 12.1 Å². The highest BCUT2D eigenvalue weighted by Crippen LogP contribution is 2.35. The number of aromatic nitrogens is 1. The van der Waals surface area contributed by atoms with Crippen LogP contribution in [0.4, 0.5) is 0 Å². The zero-order valence-electron chi connectivity index (χ0n) is 13.2. The predicted molar refractivity (Wildman–Crippen MR) is 91.0 cm³/mol. The molecular weight excluding hydrogens is 298 g/mol. The number of aryl methyl sites for hydroxylation is 1. The Kier molecular flexibility index (Phi) is 5.62. The Morgan fingerprint density at radius 3 is 2.59 bits per heavy atom. The van der Waals surface area contributed by atoms with Crippen LogP contribution in [-0.4, -0.2) is 29.5 Å². The zero-order chi connectivity index (χ0) is 14.8. The predicted octanol–water partition coefficient (Wildman–Crippen LogP) is 3.24. The normalized spacial score (nSPS) is 15.6. The third kappa shape index (κ3) is 3.88. The highest BCUT2D eigenvalue weighted by Gasteiger charge is 2.33. The molecule has 0 bridgehead atoms. The topological polar surface area (TPSA) is 55.3 Å². The minimum atomic E-state index is 0. The van der Waals surface area contributed by atoms with E-state index < -0.39 is 0 Å². The molecular formula is C17H24ClN3O. The second-order valence-electron chi connectivity index (χ2n) is 6.07. The van der Waals surface area contributed by atoms with Gasteiger partial charge in [-0.3, -0.25) is 4.90 Å². The number of hydrogen-bond acceptors (Lipinski definition) is 4. The number of benzene rings is 1. The molecule has 1 aliphatic rings. The number of rotatable bonds is 6. The van der Waals surface area contributed by atoms with Gasteiger partial charge >= 0.3 is 0 Å². The quantitative estimate of drug-likeness (QED) is 0.887. The Hall–Kier alpha value is -1.36. The standard InChI is InChI=1S/C17H23N3O.ClH/c1-12-3-5-14(6-4-12)17-19-15(11-21-17)10-20(2)16(9-18)13-7-8-13;/h3-6,11,13,16H,7-10,18H2,1-2H3;1H. The molecule has 0 amide bonds. The van der Waals surface area contributed by atoms with Crippen LogP contribution in [0, 0.1) is 12.8 Å². The zero-order valence-corrected chi connectivity index (χ0v) is 14.0. The summed E-state index contributed by atoms with van der Waals surface area (Å²) in [6.45, 7) is 3.57. The van der Waals surface area contributed by atoms with Gasteiger partial charge in [-0.15, -0.1) is 12.4 Å². The van der Waals surface area contributed by atoms with E-state index in [1.165, 1.54) is 18.4 Å². The van der Waals surface area contributed by atoms with E-state index in [9.17, 15) is 0 Å². The van der Waals surface area contributed by atoms with E-state index in [-0.39, 0.29) is 12.4 Å². The molecule has 4 nitrogen and oxygen atoms in total. The lowest BCUT2D eigenvalue weighted by Gasteiger charge is -2.25. The highest BCUT2D eigenvalue weighted by molar-refractivity contribution is 5.85. The van der Waals surface area contributed by atoms with Gasteiger partial charge in [0.2, 0.25) is 5.89 Å². The van der Waals surface area contributed by atoms with Crippen molar-refractivity contribution < 1.29 is 4.42 Å². The Bertz CT molecular complexity index is 592. The summed E-state index contributed by atoms with van der Waals surface area (Å²) in [5.41, 5.74) is 9.12. The van der Waals surface area contributed by atoms with E-state index in [0.717, 1.165) is 23.7 Å². The van der Waals surface area contributed by atoms with Gasteiger partial charge in [-0.2, -0.15) is 0 Å². The van der Waals surface area contributed by atoms with Crippen LogP contribution in [0.25, 0.3) is 11.5 Å². The molecule has 22 heavy (non-hydrogen) atoms. The van der Waals surface area contributed by atoms with Gasteiger partial charge in [0, 0.05) is 24.7 Å². The van der Waals surface area contributed by atoms with Crippen LogP contribution < -0.4 is 5.73 Å². The van der Waals surface area contributed by atoms with Gasteiger partial charge in [-0.1, -0.05) is 17.7 Å². The molecule has 1 atom stereocenters. The number of nitrogens with zero attached hydrogens (tertiary/aromatic N) is 2. The summed E-state index contributed by atoms with van der Waals surface area (Å²) >= 11 is 0. The van der Waals surface area contributed by atoms with Crippen molar-refractivity contribution in [1.82, 2.24) is 9.88 Å². The third-order valence-electron chi connectivity index (χ3n) is 4.24. The number of halogens is 1. The summed E-state index contributed by atoms with van der Waals surface area (Å²) in [7, 11) is 2.12. The molecule has 3 rings (SSSR count). The molecule has 1 aromatic heterocycles. The molecule has 1 aromatic carbocycles. The fraction of sp³-hybridized carbons (Fsp3) is 0.471. The van der Waals surface area contributed by atoms with Crippen LogP contribution in [0.3, 0.4) is 0 Å². The van der Waals surface area contributed by atoms with Gasteiger partial charge in [0.15, 0.2) is 0 Å². The summed E-state index contributed by atoms with van der Waals surface area (Å²) < 4.78 is 5.61. The summed E-state index contributed by atoms with van der Waals surface area (Å²) in [6, 6.07) is 8.69. The Morgan fingerprint density at radius 2 is 2.00 bits per heavy atom. The summed E-state index contributed by atoms with van der Waals surface area (Å²) in [5.74, 6) is 1.46. The molecule has 0 aliphatic heterocycles. The molecule has 0 radical (unpaired) electrons. The number of hydrogen-bond donors (Lipinski definition) is 1. The molecule has 0 saturated heterocycles. The second kappa shape index (κ2) is 7.27. The van der Waals surface area contributed by atoms with Crippen molar-refractivity contribution in [2.45, 2.75) is 32.4 Å². The largest absolute Gasteiger partial charge is 0.444 e. The molecule has 5 heteroatoms. The molecule has 1 fully saturated rings. The number of likely N-dealkylation sites (N-methyl/N-ethyl adjacent to an activating group) is 1. The van der Waals surface area contributed by atoms with Gasteiger partial charge in [-0.05, 0) is 44.9 Å². The SMILES string of the molecule is Cc1ccc(-c2nc(CN(C)C(CN)C3CC3)co2)cc1.Cl. The van der Waals surface area contributed by atoms with Crippen molar-refractivity contribution in [3.8, 4) is 11.5 Å². The van der Waals surface area contributed by atoms with Gasteiger partial charge in [0.25, 0.3) is 0 Å². The maximum atomic E-state index is 5.89. The lowest BCUT2D eigenvalue weighted by atomic mass is 10.1. The van der Waals surface area contributed by atoms with Gasteiger partial charge < -0.3 is 10.2 Å². The monoisotopic (exact) mass is 321 g/mol. The molecule has 1 aliphatic carbocycles. The van der Waals surface area contributed by atoms with Crippen molar-refractivity contribution >= 4 is 12.4 Å². The fourth-order valence-electron chi connectivity index (χ4n) is 2.79. The molecule has 0 spiro atoms. The highest BCUT2D eigenvalue weighted by atomic mass is 35.5. The average Bonchev–Trinajstić information content (AvgIpc) is 3.20. The first kappa shape index (κ1) is 17.0. The lowest BCUT2D eigenvalue weighted by Crippen LogP contribution is -2.39. The Labute approximate surface area is 138 Å². The first-order valence-corrected chi connectivity index (χ1v) is 7.59. The first-order chi connectivity index (χ1) is 10.2. The Balaban J connectivity index is 0.00000176. The fourth-order valence-corrected chi connectivity index (χ4v) is 2.79. The maximum absolute atomic E-state index is 5.89. The molecule has 2 N–H and O–H groups in total. The summed E-state index contributed by atoms with van der Waals surface area (Å²) in [5, 5.41) is 0. The van der Waals surface area contributed by atoms with Crippen molar-refractivity contribution in [2.75, 3.05) is 13.6 Å². The second-order valence-corrected chi connectivity index (χ2v) is 6.07. The van der Waals surface area contributed by atoms with Crippen molar-refractivity contribution in [1.29, 1.82) is 0 Å². The van der Waals surface area contributed by atoms with Crippen molar-refractivity contribution in [3.05, 3.63) is 41.8 Å². The first-order valence-electron chi connectivity index (χ1n) is 7.59. The number of oxazole rings is 1. The average molecular weight is 322 g/mol. The maximum Gasteiger partial charge on any atom is 0.226 e. The van der Waals surface area contributed by atoms with E-state index >= 15 is 0 Å². The third-order valence-corrected chi connectivity index (χ3v) is 4.24. The van der Waals surface area contributed by atoms with E-state index in [4.69, 9.17) is 10.2 Å². The van der Waals surface area contributed by atoms with Crippen LogP contribution in [0.2, 0.25) is 0 Å². The van der Waals surface area contributed by atoms with Crippen LogP contribution in [0.5, 0.6) is 0 Å². The smallest absolute Gasteiger partial charge is 0.226 e. The van der Waals surface area contributed by atoms with Crippen molar-refractivity contribution in [2.24, 2.45) is 11.7 Å². The van der Waals surface area contributed by atoms with Crippen LogP contribution in [0.15, 0.2) is 34.9 Å². The van der Waals surface area contributed by atoms with Crippen LogP contribution in [0.1, 0.15) is 24.1 Å². The molecule has 120 valence electrons. The van der Waals surface area contributed by atoms with Crippen LogP contribution in [-0.2, 0) is 6.54 Å². The van der Waals surface area contributed by atoms with E-state index in [2.05, 4.69) is 36.0 Å². The molecule has 1 heterocycles. The van der Waals surface area contributed by atoms with Gasteiger partial charge in [0.05, 0.1) is 5.69 Å². The lowest BCUT2D eigenvalue weighted by molar-refractivity contribution is 0.213. The molecule has 1 unspecified atom stereocenters. The van der Waals surface area contributed by atoms with Gasteiger partial charge in [-0.25, -0.2) is 4.98 Å². The summed E-state index contributed by atoms with van der Waals surface area (Å²) in [4.78, 5) is 6.90. The van der Waals surface area contributed by atoms with Crippen LogP contribution >= 0.6 is 12.4 Å². The number of nitrogens with two attached hydrogens (primary N) is 1. The van der Waals surface area contributed by atoms with E-state index in [1.54, 1.807) is 6.26 Å².